The first-order valence-corrected chi connectivity index (χ1v) is 5.72. The van der Waals surface area contributed by atoms with Crippen LogP contribution in [0.25, 0.3) is 0 Å². The van der Waals surface area contributed by atoms with Gasteiger partial charge in [0.1, 0.15) is 4.90 Å². The molecule has 0 aliphatic carbocycles. The fourth-order valence-corrected chi connectivity index (χ4v) is 2.10. The van der Waals surface area contributed by atoms with Crippen molar-refractivity contribution in [3.05, 3.63) is 28.3 Å². The number of nitrogens with zero attached hydrogens (tertiary/aromatic N) is 1. The number of rotatable bonds is 3. The maximum Gasteiger partial charge on any atom is 0.347 e. The van der Waals surface area contributed by atoms with Gasteiger partial charge in [-0.1, -0.05) is 0 Å². The van der Waals surface area contributed by atoms with Gasteiger partial charge >= 0.3 is 5.25 Å². The molecule has 1 aromatic rings. The van der Waals surface area contributed by atoms with E-state index in [0.717, 1.165) is 12.1 Å². The number of nitrogens with two attached hydrogens (primary N) is 1. The first-order chi connectivity index (χ1) is 7.57. The predicted octanol–water partition coefficient (Wildman–Crippen LogP) is 1.56. The molecule has 6 nitrogen and oxygen atoms in total. The van der Waals surface area contributed by atoms with E-state index in [1.165, 1.54) is 0 Å². The van der Waals surface area contributed by atoms with Crippen molar-refractivity contribution in [1.29, 1.82) is 0 Å². The molecule has 2 N–H and O–H groups in total. The van der Waals surface area contributed by atoms with Crippen molar-refractivity contribution in [2.75, 3.05) is 5.73 Å². The van der Waals surface area contributed by atoms with Gasteiger partial charge in [0, 0.05) is 19.1 Å². The van der Waals surface area contributed by atoms with Gasteiger partial charge in [-0.25, -0.2) is 8.42 Å². The Morgan fingerprint density at radius 2 is 1.94 bits per heavy atom. The number of benzene rings is 1. The van der Waals surface area contributed by atoms with Crippen LogP contribution in [0.2, 0.25) is 0 Å². The van der Waals surface area contributed by atoms with E-state index in [1.54, 1.807) is 0 Å². The standard InChI is InChI=1S/C8H8F2N2O4S/c1-8(9,10)17(15,16)7-4-5(12(13)14)2-3-6(7)11/h2-4H,11H2,1H3. The normalized spacial score (nSPS) is 12.4. The molecule has 1 rings (SSSR count). The van der Waals surface area contributed by atoms with Crippen molar-refractivity contribution in [2.24, 2.45) is 0 Å². The van der Waals surface area contributed by atoms with Gasteiger partial charge in [0.25, 0.3) is 5.69 Å². The molecule has 17 heavy (non-hydrogen) atoms. The fraction of sp³-hybridized carbons (Fsp3) is 0.250. The highest BCUT2D eigenvalue weighted by molar-refractivity contribution is 7.92. The molecule has 1 aromatic carbocycles. The van der Waals surface area contributed by atoms with E-state index in [-0.39, 0.29) is 6.92 Å². The van der Waals surface area contributed by atoms with Gasteiger partial charge in [-0.3, -0.25) is 10.1 Å². The highest BCUT2D eigenvalue weighted by Crippen LogP contribution is 2.33. The summed E-state index contributed by atoms with van der Waals surface area (Å²) >= 11 is 0. The summed E-state index contributed by atoms with van der Waals surface area (Å²) in [5.41, 5.74) is 4.15. The van der Waals surface area contributed by atoms with E-state index in [0.29, 0.717) is 6.07 Å². The third kappa shape index (κ3) is 2.33. The summed E-state index contributed by atoms with van der Waals surface area (Å²) in [4.78, 5) is 8.58. The second-order valence-corrected chi connectivity index (χ2v) is 5.45. The number of non-ortho nitro benzene ring substituents is 1. The van der Waals surface area contributed by atoms with Crippen LogP contribution < -0.4 is 5.73 Å². The third-order valence-corrected chi connectivity index (χ3v) is 3.85. The van der Waals surface area contributed by atoms with E-state index in [1.807, 2.05) is 0 Å². The quantitative estimate of drug-likeness (QED) is 0.508. The Balaban J connectivity index is 3.52. The van der Waals surface area contributed by atoms with Gasteiger partial charge in [0.15, 0.2) is 0 Å². The molecule has 0 aliphatic rings. The van der Waals surface area contributed by atoms with Crippen molar-refractivity contribution in [2.45, 2.75) is 17.1 Å². The number of halogens is 2. The number of hydrogen-bond acceptors (Lipinski definition) is 5. The van der Waals surface area contributed by atoms with Crippen LogP contribution in [0.5, 0.6) is 0 Å². The van der Waals surface area contributed by atoms with Crippen molar-refractivity contribution in [1.82, 2.24) is 0 Å². The summed E-state index contributed by atoms with van der Waals surface area (Å²) in [6.45, 7) is 0.181. The van der Waals surface area contributed by atoms with E-state index in [2.05, 4.69) is 0 Å². The molecule has 0 aliphatic heterocycles. The fourth-order valence-electron chi connectivity index (χ4n) is 1.06. The zero-order valence-electron chi connectivity index (χ0n) is 8.55. The summed E-state index contributed by atoms with van der Waals surface area (Å²) in [6.07, 6.45) is 0. The first-order valence-electron chi connectivity index (χ1n) is 4.24. The van der Waals surface area contributed by atoms with Gasteiger partial charge in [0.05, 0.1) is 10.6 Å². The SMILES string of the molecule is CC(F)(F)S(=O)(=O)c1cc([N+](=O)[O-])ccc1N. The predicted molar refractivity (Wildman–Crippen MR) is 55.3 cm³/mol. The van der Waals surface area contributed by atoms with E-state index in [9.17, 15) is 27.3 Å². The molecule has 0 saturated heterocycles. The van der Waals surface area contributed by atoms with Gasteiger partial charge in [-0.2, -0.15) is 8.78 Å². The van der Waals surface area contributed by atoms with Gasteiger partial charge < -0.3 is 5.73 Å². The molecule has 0 spiro atoms. The number of sulfone groups is 1. The van der Waals surface area contributed by atoms with Crippen LogP contribution >= 0.6 is 0 Å². The Bertz CT molecular complexity index is 565. The molecular weight excluding hydrogens is 258 g/mol. The van der Waals surface area contributed by atoms with Crippen molar-refractivity contribution in [3.8, 4) is 0 Å². The van der Waals surface area contributed by atoms with E-state index in [4.69, 9.17) is 5.73 Å². The Kier molecular flexibility index (Phi) is 3.06. The van der Waals surface area contributed by atoms with E-state index >= 15 is 0 Å². The molecule has 94 valence electrons. The summed E-state index contributed by atoms with van der Waals surface area (Å²) in [7, 11) is -5.03. The third-order valence-electron chi connectivity index (χ3n) is 1.97. The number of nitro groups is 1. The Morgan fingerprint density at radius 3 is 2.35 bits per heavy atom. The summed E-state index contributed by atoms with van der Waals surface area (Å²) in [5.74, 6) is 0. The lowest BCUT2D eigenvalue weighted by molar-refractivity contribution is -0.385. The second-order valence-electron chi connectivity index (χ2n) is 3.29. The van der Waals surface area contributed by atoms with Crippen LogP contribution in [-0.4, -0.2) is 18.6 Å². The van der Waals surface area contributed by atoms with Gasteiger partial charge in [0.2, 0.25) is 9.84 Å². The molecular formula is C8H8F2N2O4S. The van der Waals surface area contributed by atoms with Crippen molar-refractivity contribution < 1.29 is 22.1 Å². The smallest absolute Gasteiger partial charge is 0.347 e. The summed E-state index contributed by atoms with van der Waals surface area (Å²) in [5, 5.41) is 6.36. The number of nitrogen functional groups attached to an aromatic ring is 1. The molecule has 0 bridgehead atoms. The maximum atomic E-state index is 12.9. The first kappa shape index (κ1) is 13.3. The van der Waals surface area contributed by atoms with Crippen LogP contribution in [0.3, 0.4) is 0 Å². The van der Waals surface area contributed by atoms with Crippen LogP contribution in [0.1, 0.15) is 6.92 Å². The van der Waals surface area contributed by atoms with Crippen molar-refractivity contribution in [3.63, 3.8) is 0 Å². The van der Waals surface area contributed by atoms with Crippen LogP contribution in [0.4, 0.5) is 20.2 Å². The van der Waals surface area contributed by atoms with Gasteiger partial charge in [-0.05, 0) is 6.07 Å². The zero-order chi connectivity index (χ0) is 13.4. The molecule has 0 amide bonds. The summed E-state index contributed by atoms with van der Waals surface area (Å²) in [6, 6.07) is 2.35. The minimum atomic E-state index is -5.03. The highest BCUT2D eigenvalue weighted by atomic mass is 32.2. The van der Waals surface area contributed by atoms with Crippen molar-refractivity contribution >= 4 is 21.2 Å². The molecule has 9 heteroatoms. The number of hydrogen-bond donors (Lipinski definition) is 1. The molecule has 0 fully saturated rings. The van der Waals surface area contributed by atoms with Crippen LogP contribution in [0, 0.1) is 10.1 Å². The molecule has 0 unspecified atom stereocenters. The lowest BCUT2D eigenvalue weighted by Crippen LogP contribution is -2.25. The molecule has 0 aromatic heterocycles. The molecule has 0 atom stereocenters. The minimum absolute atomic E-state index is 0.181. The minimum Gasteiger partial charge on any atom is -0.398 e. The number of alkyl halides is 2. The lowest BCUT2D eigenvalue weighted by atomic mass is 10.3. The zero-order valence-corrected chi connectivity index (χ0v) is 9.37. The topological polar surface area (TPSA) is 103 Å². The largest absolute Gasteiger partial charge is 0.398 e. The van der Waals surface area contributed by atoms with Gasteiger partial charge in [-0.15, -0.1) is 0 Å². The van der Waals surface area contributed by atoms with Crippen LogP contribution in [-0.2, 0) is 9.84 Å². The molecule has 0 radical (unpaired) electrons. The maximum absolute atomic E-state index is 12.9. The highest BCUT2D eigenvalue weighted by Gasteiger charge is 2.42. The molecule has 0 heterocycles. The molecule has 0 saturated carbocycles. The number of anilines is 1. The monoisotopic (exact) mass is 266 g/mol. The van der Waals surface area contributed by atoms with E-state index < -0.39 is 36.3 Å². The summed E-state index contributed by atoms with van der Waals surface area (Å²) < 4.78 is 48.6. The second kappa shape index (κ2) is 3.91. The Hall–Kier alpha value is -1.77. The Morgan fingerprint density at radius 1 is 1.41 bits per heavy atom. The van der Waals surface area contributed by atoms with Crippen LogP contribution in [0.15, 0.2) is 23.1 Å². The average molecular weight is 266 g/mol. The lowest BCUT2D eigenvalue weighted by Gasteiger charge is -2.13. The Labute approximate surface area is 95.1 Å². The number of nitro benzene ring substituents is 1. The average Bonchev–Trinajstić information content (AvgIpc) is 2.15.